The molecule has 0 spiro atoms. The minimum Gasteiger partial charge on any atom is -0.443 e. The molecular formula is C28H25F3N8O3. The second kappa shape index (κ2) is 11.1. The molecule has 5 aromatic rings. The lowest BCUT2D eigenvalue weighted by molar-refractivity contribution is -0.137. The highest BCUT2D eigenvalue weighted by atomic mass is 19.4. The van der Waals surface area contributed by atoms with Gasteiger partial charge >= 0.3 is 12.2 Å². The molecule has 2 aromatic carbocycles. The largest absolute Gasteiger partial charge is 0.443 e. The van der Waals surface area contributed by atoms with Crippen molar-refractivity contribution >= 4 is 28.7 Å². The number of alkyl halides is 3. The van der Waals surface area contributed by atoms with Crippen molar-refractivity contribution in [3.05, 3.63) is 78.7 Å². The molecule has 1 aliphatic rings. The number of nitrogens with zero attached hydrogens (tertiary/aromatic N) is 5. The number of nitrogen functional groups attached to an aromatic ring is 1. The predicted octanol–water partition coefficient (Wildman–Crippen LogP) is 5.13. The van der Waals surface area contributed by atoms with Gasteiger partial charge in [0.1, 0.15) is 11.8 Å². The fourth-order valence-corrected chi connectivity index (χ4v) is 4.93. The number of anilines is 3. The molecule has 14 heteroatoms. The van der Waals surface area contributed by atoms with Gasteiger partial charge in [0.2, 0.25) is 0 Å². The van der Waals surface area contributed by atoms with E-state index in [0.717, 1.165) is 47.6 Å². The maximum atomic E-state index is 12.8. The van der Waals surface area contributed by atoms with E-state index in [-0.39, 0.29) is 11.5 Å². The lowest BCUT2D eigenvalue weighted by Crippen LogP contribution is -2.36. The zero-order valence-electron chi connectivity index (χ0n) is 22.1. The Kier molecular flexibility index (Phi) is 7.22. The first-order valence-electron chi connectivity index (χ1n) is 13.0. The van der Waals surface area contributed by atoms with Crippen molar-refractivity contribution < 1.29 is 27.1 Å². The molecule has 0 radical (unpaired) electrons. The molecule has 1 saturated heterocycles. The average Bonchev–Trinajstić information content (AvgIpc) is 3.61. The monoisotopic (exact) mass is 578 g/mol. The van der Waals surface area contributed by atoms with Gasteiger partial charge < -0.3 is 25.5 Å². The van der Waals surface area contributed by atoms with Crippen LogP contribution in [-0.2, 0) is 17.5 Å². The molecule has 4 heterocycles. The summed E-state index contributed by atoms with van der Waals surface area (Å²) in [6.07, 6.45) is -0.0631. The fourth-order valence-electron chi connectivity index (χ4n) is 4.93. The van der Waals surface area contributed by atoms with Crippen LogP contribution in [0.4, 0.5) is 35.2 Å². The minimum absolute atomic E-state index is 0.220. The number of nitrogens with one attached hydrogen (secondary N) is 2. The Hall–Kier alpha value is -4.95. The zero-order chi connectivity index (χ0) is 29.3. The normalized spacial score (nSPS) is 14.3. The molecule has 0 atom stereocenters. The number of halogens is 3. The Bertz CT molecular complexity index is 1700. The van der Waals surface area contributed by atoms with Crippen LogP contribution in [0.5, 0.6) is 0 Å². The van der Waals surface area contributed by atoms with Gasteiger partial charge in [-0.3, -0.25) is 4.90 Å². The third kappa shape index (κ3) is 5.49. The molecule has 6 rings (SSSR count). The number of carbonyl (C=O) groups excluding carboxylic acids is 1. The molecule has 216 valence electrons. The van der Waals surface area contributed by atoms with Gasteiger partial charge in [0.05, 0.1) is 36.2 Å². The minimum atomic E-state index is -4.46. The Labute approximate surface area is 237 Å². The van der Waals surface area contributed by atoms with Crippen molar-refractivity contribution in [2.24, 2.45) is 0 Å². The second-order valence-corrected chi connectivity index (χ2v) is 9.59. The molecule has 1 fully saturated rings. The molecule has 4 N–H and O–H groups in total. The van der Waals surface area contributed by atoms with E-state index in [0.29, 0.717) is 36.7 Å². The maximum absolute atomic E-state index is 12.8. The van der Waals surface area contributed by atoms with Crippen LogP contribution in [0.1, 0.15) is 11.3 Å². The van der Waals surface area contributed by atoms with Crippen molar-refractivity contribution in [2.75, 3.05) is 42.7 Å². The quantitative estimate of drug-likeness (QED) is 0.252. The van der Waals surface area contributed by atoms with E-state index in [2.05, 4.69) is 30.6 Å². The summed E-state index contributed by atoms with van der Waals surface area (Å²) in [7, 11) is 0. The Morgan fingerprint density at radius 1 is 0.976 bits per heavy atom. The van der Waals surface area contributed by atoms with E-state index in [1.54, 1.807) is 22.8 Å². The van der Waals surface area contributed by atoms with Crippen LogP contribution in [0.2, 0.25) is 0 Å². The summed E-state index contributed by atoms with van der Waals surface area (Å²) in [5, 5.41) is 9.74. The number of rotatable bonds is 6. The lowest BCUT2D eigenvalue weighted by atomic mass is 9.99. The molecule has 0 bridgehead atoms. The summed E-state index contributed by atoms with van der Waals surface area (Å²) < 4.78 is 51.5. The number of nitrogens with two attached hydrogens (primary N) is 1. The highest BCUT2D eigenvalue weighted by molar-refractivity contribution is 6.01. The number of benzene rings is 2. The van der Waals surface area contributed by atoms with Gasteiger partial charge in [0, 0.05) is 36.6 Å². The van der Waals surface area contributed by atoms with Crippen molar-refractivity contribution in [2.45, 2.75) is 12.7 Å². The first kappa shape index (κ1) is 27.2. The first-order valence-corrected chi connectivity index (χ1v) is 13.0. The molecule has 3 aromatic heterocycles. The standard InChI is InChI=1S/C28H25F3N8O3/c29-28(30,31)18-3-7-20(8-4-18)37-27(40)36-19-5-1-17(2-6-19)23-24(22-13-33-16-42-22)21(14-38-9-11-41-12-10-38)39-25(23)26(32)34-15-35-39/h1-8,13,15-16H,9-12,14H2,(H2,32,34,35)(H2,36,37,40). The first-order chi connectivity index (χ1) is 20.3. The van der Waals surface area contributed by atoms with E-state index in [1.807, 2.05) is 12.1 Å². The number of oxazole rings is 1. The van der Waals surface area contributed by atoms with Gasteiger partial charge in [-0.25, -0.2) is 19.3 Å². The van der Waals surface area contributed by atoms with Crippen LogP contribution in [0.15, 0.2) is 71.9 Å². The fraction of sp³-hybridized carbons (Fsp3) is 0.214. The molecule has 42 heavy (non-hydrogen) atoms. The molecule has 2 amide bonds. The molecule has 11 nitrogen and oxygen atoms in total. The van der Waals surface area contributed by atoms with Crippen LogP contribution < -0.4 is 16.4 Å². The van der Waals surface area contributed by atoms with Crippen LogP contribution in [0.3, 0.4) is 0 Å². The van der Waals surface area contributed by atoms with E-state index in [4.69, 9.17) is 14.9 Å². The summed E-state index contributed by atoms with van der Waals surface area (Å²) in [4.78, 5) is 23.1. The topological polar surface area (TPSA) is 136 Å². The maximum Gasteiger partial charge on any atom is 0.416 e. The lowest BCUT2D eigenvalue weighted by Gasteiger charge is -2.26. The van der Waals surface area contributed by atoms with E-state index < -0.39 is 17.8 Å². The van der Waals surface area contributed by atoms with Crippen molar-refractivity contribution in [3.8, 4) is 22.5 Å². The average molecular weight is 579 g/mol. The number of amides is 2. The van der Waals surface area contributed by atoms with Gasteiger partial charge in [-0.1, -0.05) is 12.1 Å². The van der Waals surface area contributed by atoms with Crippen LogP contribution in [0.25, 0.3) is 28.0 Å². The number of hydrogen-bond acceptors (Lipinski definition) is 8. The number of morpholine rings is 1. The van der Waals surface area contributed by atoms with Gasteiger partial charge in [0.25, 0.3) is 0 Å². The van der Waals surface area contributed by atoms with E-state index >= 15 is 0 Å². The smallest absolute Gasteiger partial charge is 0.416 e. The van der Waals surface area contributed by atoms with Crippen LogP contribution >= 0.6 is 0 Å². The van der Waals surface area contributed by atoms with Crippen molar-refractivity contribution in [1.29, 1.82) is 0 Å². The number of hydrogen-bond donors (Lipinski definition) is 3. The summed E-state index contributed by atoms with van der Waals surface area (Å²) in [5.41, 5.74) is 10.0. The molecule has 0 aliphatic carbocycles. The highest BCUT2D eigenvalue weighted by Crippen LogP contribution is 2.42. The Morgan fingerprint density at radius 2 is 1.64 bits per heavy atom. The van der Waals surface area contributed by atoms with E-state index in [9.17, 15) is 18.0 Å². The van der Waals surface area contributed by atoms with Crippen LogP contribution in [-0.4, -0.2) is 56.8 Å². The number of ether oxygens (including phenoxy) is 1. The summed E-state index contributed by atoms with van der Waals surface area (Å²) >= 11 is 0. The van der Waals surface area contributed by atoms with E-state index in [1.165, 1.54) is 24.9 Å². The van der Waals surface area contributed by atoms with Gasteiger partial charge in [-0.15, -0.1) is 0 Å². The molecular weight excluding hydrogens is 553 g/mol. The SMILES string of the molecule is Nc1ncnn2c(CN3CCOCC3)c(-c3cnco3)c(-c3ccc(NC(=O)Nc4ccc(C(F)(F)F)cc4)cc3)c12. The second-order valence-electron chi connectivity index (χ2n) is 9.59. The Morgan fingerprint density at radius 3 is 2.26 bits per heavy atom. The van der Waals surface area contributed by atoms with Gasteiger partial charge in [-0.2, -0.15) is 18.3 Å². The third-order valence-corrected chi connectivity index (χ3v) is 6.91. The molecule has 0 saturated carbocycles. The number of aromatic nitrogens is 4. The highest BCUT2D eigenvalue weighted by Gasteiger charge is 2.30. The van der Waals surface area contributed by atoms with Gasteiger partial charge in [0.15, 0.2) is 18.0 Å². The third-order valence-electron chi connectivity index (χ3n) is 6.91. The van der Waals surface area contributed by atoms with Crippen molar-refractivity contribution in [3.63, 3.8) is 0 Å². The van der Waals surface area contributed by atoms with Crippen molar-refractivity contribution in [1.82, 2.24) is 24.5 Å². The summed E-state index contributed by atoms with van der Waals surface area (Å²) in [6, 6.07) is 10.6. The predicted molar refractivity (Wildman–Crippen MR) is 149 cm³/mol. The number of carbonyl (C=O) groups is 1. The summed E-state index contributed by atoms with van der Waals surface area (Å²) in [5.74, 6) is 0.823. The number of fused-ring (bicyclic) bond motifs is 1. The number of urea groups is 1. The van der Waals surface area contributed by atoms with Crippen LogP contribution in [0, 0.1) is 0 Å². The van der Waals surface area contributed by atoms with Gasteiger partial charge in [-0.05, 0) is 42.0 Å². The summed E-state index contributed by atoms with van der Waals surface area (Å²) in [6.45, 7) is 3.33. The zero-order valence-corrected chi connectivity index (χ0v) is 22.1. The Balaban J connectivity index is 1.31. The molecule has 0 unspecified atom stereocenters. The molecule has 1 aliphatic heterocycles.